The number of hydrogen-bond acceptors (Lipinski definition) is 5. The molecule has 0 unspecified atom stereocenters. The van der Waals surface area contributed by atoms with E-state index in [4.69, 9.17) is 4.42 Å². The Balaban J connectivity index is 1.84. The third kappa shape index (κ3) is 4.44. The van der Waals surface area contributed by atoms with Gasteiger partial charge in [0, 0.05) is 43.7 Å². The van der Waals surface area contributed by atoms with Crippen LogP contribution in [0.3, 0.4) is 0 Å². The third-order valence-corrected chi connectivity index (χ3v) is 5.64. The summed E-state index contributed by atoms with van der Waals surface area (Å²) in [7, 11) is 1.91. The van der Waals surface area contributed by atoms with Crippen molar-refractivity contribution in [1.82, 2.24) is 15.2 Å². The van der Waals surface area contributed by atoms with Crippen molar-refractivity contribution in [3.63, 3.8) is 0 Å². The largest absolute Gasteiger partial charge is 0.460 e. The van der Waals surface area contributed by atoms with Gasteiger partial charge in [0.15, 0.2) is 5.76 Å². The zero-order valence-corrected chi connectivity index (χ0v) is 17.7. The van der Waals surface area contributed by atoms with E-state index in [2.05, 4.69) is 5.10 Å². The van der Waals surface area contributed by atoms with Gasteiger partial charge in [-0.2, -0.15) is 35.8 Å². The van der Waals surface area contributed by atoms with Gasteiger partial charge >= 0.3 is 23.9 Å². The number of carbonyl (C=O) groups excluding carboxylic acids is 2. The topological polar surface area (TPSA) is 78.2 Å². The Morgan fingerprint density at radius 3 is 2.18 bits per heavy atom. The summed E-state index contributed by atoms with van der Waals surface area (Å²) >= 11 is 0. The minimum Gasteiger partial charge on any atom is -0.455 e. The molecule has 1 aromatic rings. The second-order valence-electron chi connectivity index (χ2n) is 7.95. The normalized spacial score (nSPS) is 19.5. The second kappa shape index (κ2) is 8.61. The van der Waals surface area contributed by atoms with Crippen molar-refractivity contribution in [1.29, 1.82) is 0 Å². The van der Waals surface area contributed by atoms with Crippen LogP contribution in [0.2, 0.25) is 0 Å². The van der Waals surface area contributed by atoms with Gasteiger partial charge in [-0.25, -0.2) is 5.43 Å². The summed E-state index contributed by atoms with van der Waals surface area (Å²) in [5.41, 5.74) is 1.62. The summed E-state index contributed by atoms with van der Waals surface area (Å²) < 4.78 is 95.8. The zero-order valence-electron chi connectivity index (χ0n) is 17.7. The van der Waals surface area contributed by atoms with Crippen LogP contribution in [0, 0.1) is 6.92 Å². The first-order valence-electron chi connectivity index (χ1n) is 9.98. The number of aryl methyl sites for hydroxylation is 1. The van der Waals surface area contributed by atoms with E-state index in [1.54, 1.807) is 4.90 Å². The molecule has 0 aromatic carbocycles. The Morgan fingerprint density at radius 1 is 1.00 bits per heavy atom. The summed E-state index contributed by atoms with van der Waals surface area (Å²) in [6.45, 7) is 3.74. The van der Waals surface area contributed by atoms with Crippen molar-refractivity contribution in [3.8, 4) is 0 Å². The lowest BCUT2D eigenvalue weighted by atomic mass is 9.93. The van der Waals surface area contributed by atoms with E-state index >= 15 is 0 Å². The van der Waals surface area contributed by atoms with Crippen LogP contribution in [0.5, 0.6) is 0 Å². The molecular formula is C19H21F7N4O3. The molecule has 1 aliphatic heterocycles. The third-order valence-electron chi connectivity index (χ3n) is 5.64. The number of hydrogen-bond donors (Lipinski definition) is 1. The lowest BCUT2D eigenvalue weighted by Crippen LogP contribution is -2.58. The Kier molecular flexibility index (Phi) is 6.52. The number of likely N-dealkylation sites (N-methyl/N-ethyl adjacent to an activating group) is 1. The summed E-state index contributed by atoms with van der Waals surface area (Å²) in [6, 6.07) is 0. The number of amides is 2. The highest BCUT2D eigenvalue weighted by molar-refractivity contribution is 6.06. The van der Waals surface area contributed by atoms with Crippen LogP contribution in [-0.4, -0.2) is 78.6 Å². The SMILES string of the molecule is Cc1c(C(=O)N2CCN(C)CC2)oc2c1/C(=N/NC(=O)C(F)(F)C(F)(F)C(F)(F)F)CCC2. The van der Waals surface area contributed by atoms with Gasteiger partial charge in [0.25, 0.3) is 5.91 Å². The van der Waals surface area contributed by atoms with Crippen LogP contribution in [-0.2, 0) is 11.2 Å². The first kappa shape index (κ1) is 25.0. The van der Waals surface area contributed by atoms with Crippen LogP contribution in [0.4, 0.5) is 30.7 Å². The quantitative estimate of drug-likeness (QED) is 0.525. The number of nitrogens with one attached hydrogen (secondary N) is 1. The van der Waals surface area contributed by atoms with Gasteiger partial charge in [-0.05, 0) is 26.8 Å². The van der Waals surface area contributed by atoms with Crippen molar-refractivity contribution in [2.45, 2.75) is 44.2 Å². The molecule has 0 spiro atoms. The molecule has 2 heterocycles. The monoisotopic (exact) mass is 486 g/mol. The maximum atomic E-state index is 13.5. The molecule has 0 saturated carbocycles. The lowest BCUT2D eigenvalue weighted by molar-refractivity contribution is -0.344. The highest BCUT2D eigenvalue weighted by Crippen LogP contribution is 2.46. The molecule has 33 heavy (non-hydrogen) atoms. The number of piperazine rings is 1. The molecule has 1 fully saturated rings. The van der Waals surface area contributed by atoms with Gasteiger partial charge in [-0.1, -0.05) is 0 Å². The maximum absolute atomic E-state index is 13.5. The summed E-state index contributed by atoms with van der Waals surface area (Å²) in [6.07, 6.45) is -5.82. The Morgan fingerprint density at radius 2 is 1.61 bits per heavy atom. The standard InChI is InChI=1S/C19H21F7N4O3/c1-10-13-11(27-28-16(32)17(20,21)18(22,23)19(24,25)26)4-3-5-12(13)33-14(10)15(31)30-8-6-29(2)7-9-30/h3-9H2,1-2H3,(H,28,32)/b27-11+. The fourth-order valence-electron chi connectivity index (χ4n) is 3.65. The molecule has 0 radical (unpaired) electrons. The molecule has 2 amide bonds. The molecule has 14 heteroatoms. The van der Waals surface area contributed by atoms with Crippen LogP contribution >= 0.6 is 0 Å². The van der Waals surface area contributed by atoms with Crippen LogP contribution in [0.1, 0.15) is 40.3 Å². The number of rotatable bonds is 4. The van der Waals surface area contributed by atoms with Crippen LogP contribution in [0.25, 0.3) is 0 Å². The van der Waals surface area contributed by atoms with Gasteiger partial charge in [0.2, 0.25) is 0 Å². The van der Waals surface area contributed by atoms with Crippen LogP contribution in [0.15, 0.2) is 9.52 Å². The smallest absolute Gasteiger partial charge is 0.455 e. The minimum absolute atomic E-state index is 0.000542. The summed E-state index contributed by atoms with van der Waals surface area (Å²) in [5, 5.41) is 3.39. The van der Waals surface area contributed by atoms with Gasteiger partial charge in [-0.15, -0.1) is 0 Å². The van der Waals surface area contributed by atoms with E-state index in [1.807, 2.05) is 11.9 Å². The number of nitrogens with zero attached hydrogens (tertiary/aromatic N) is 3. The molecule has 1 saturated heterocycles. The predicted molar refractivity (Wildman–Crippen MR) is 100 cm³/mol. The van der Waals surface area contributed by atoms with Crippen molar-refractivity contribution in [2.24, 2.45) is 5.10 Å². The van der Waals surface area contributed by atoms with E-state index < -0.39 is 29.8 Å². The van der Waals surface area contributed by atoms with E-state index in [0.29, 0.717) is 44.6 Å². The molecule has 2 aliphatic rings. The molecular weight excluding hydrogens is 465 g/mol. The Labute approximate surface area is 183 Å². The molecule has 184 valence electrons. The summed E-state index contributed by atoms with van der Waals surface area (Å²) in [5.74, 6) is -15.7. The minimum atomic E-state index is -6.64. The number of carbonyl (C=O) groups is 2. The first-order valence-corrected chi connectivity index (χ1v) is 9.98. The first-order chi connectivity index (χ1) is 15.2. The zero-order chi connectivity index (χ0) is 24.8. The van der Waals surface area contributed by atoms with E-state index in [1.165, 1.54) is 6.92 Å². The predicted octanol–water partition coefficient (Wildman–Crippen LogP) is 2.97. The van der Waals surface area contributed by atoms with Crippen molar-refractivity contribution in [3.05, 3.63) is 22.6 Å². The highest BCUT2D eigenvalue weighted by atomic mass is 19.4. The lowest BCUT2D eigenvalue weighted by Gasteiger charge is -2.31. The van der Waals surface area contributed by atoms with Gasteiger partial charge in [0.1, 0.15) is 5.76 Å². The molecule has 7 nitrogen and oxygen atoms in total. The van der Waals surface area contributed by atoms with Gasteiger partial charge < -0.3 is 14.2 Å². The number of halogens is 7. The van der Waals surface area contributed by atoms with Crippen molar-refractivity contribution in [2.75, 3.05) is 33.2 Å². The fraction of sp³-hybridized carbons (Fsp3) is 0.632. The number of alkyl halides is 7. The maximum Gasteiger partial charge on any atom is 0.460 e. The molecule has 0 bridgehead atoms. The number of furan rings is 1. The highest BCUT2D eigenvalue weighted by Gasteiger charge is 2.76. The van der Waals surface area contributed by atoms with E-state index in [9.17, 15) is 40.3 Å². The Bertz CT molecular complexity index is 963. The fourth-order valence-corrected chi connectivity index (χ4v) is 3.65. The Hall–Kier alpha value is -2.64. The molecule has 1 N–H and O–H groups in total. The van der Waals surface area contributed by atoms with E-state index in [-0.39, 0.29) is 29.2 Å². The van der Waals surface area contributed by atoms with Gasteiger partial charge in [0.05, 0.1) is 5.71 Å². The molecule has 3 rings (SSSR count). The van der Waals surface area contributed by atoms with Gasteiger partial charge in [-0.3, -0.25) is 9.59 Å². The number of hydrazone groups is 1. The molecule has 1 aromatic heterocycles. The van der Waals surface area contributed by atoms with Crippen molar-refractivity contribution < 1.29 is 44.7 Å². The number of fused-ring (bicyclic) bond motifs is 1. The van der Waals surface area contributed by atoms with Crippen molar-refractivity contribution >= 4 is 17.5 Å². The average molecular weight is 486 g/mol. The average Bonchev–Trinajstić information content (AvgIpc) is 3.08. The van der Waals surface area contributed by atoms with E-state index in [0.717, 1.165) is 5.43 Å². The second-order valence-corrected chi connectivity index (χ2v) is 7.95. The molecule has 0 atom stereocenters. The van der Waals surface area contributed by atoms with Crippen LogP contribution < -0.4 is 5.43 Å². The molecule has 1 aliphatic carbocycles. The summed E-state index contributed by atoms with van der Waals surface area (Å²) in [4.78, 5) is 28.0.